The predicted octanol–water partition coefficient (Wildman–Crippen LogP) is -1.12. The van der Waals surface area contributed by atoms with E-state index >= 15 is 0 Å². The second-order valence-corrected chi connectivity index (χ2v) is 2.58. The Balaban J connectivity index is 2.37. The predicted molar refractivity (Wildman–Crippen MR) is 40.2 cm³/mol. The minimum Gasteiger partial charge on any atom is -0.385 e. The molecule has 0 N–H and O–H groups in total. The minimum atomic E-state index is -0.986. The molecule has 0 spiro atoms. The van der Waals surface area contributed by atoms with Crippen molar-refractivity contribution in [3.05, 3.63) is 23.9 Å². The SMILES string of the molecule is O=C1C=C(N2C(=O)C=CC2=O)C(=O)O1. The fourth-order valence-corrected chi connectivity index (χ4v) is 1.14. The minimum absolute atomic E-state index is 0.338. The van der Waals surface area contributed by atoms with Crippen molar-refractivity contribution in [2.45, 2.75) is 0 Å². The molecule has 2 amide bonds. The van der Waals surface area contributed by atoms with Gasteiger partial charge >= 0.3 is 11.9 Å². The molecular weight excluding hydrogens is 190 g/mol. The van der Waals surface area contributed by atoms with Crippen LogP contribution < -0.4 is 0 Å². The molecule has 2 aliphatic heterocycles. The summed E-state index contributed by atoms with van der Waals surface area (Å²) in [6.07, 6.45) is 2.84. The van der Waals surface area contributed by atoms with E-state index in [9.17, 15) is 19.2 Å². The first-order valence-corrected chi connectivity index (χ1v) is 3.63. The molecule has 0 atom stereocenters. The molecule has 2 aliphatic rings. The molecule has 0 bridgehead atoms. The van der Waals surface area contributed by atoms with Crippen molar-refractivity contribution in [3.8, 4) is 0 Å². The van der Waals surface area contributed by atoms with Gasteiger partial charge in [0.25, 0.3) is 11.8 Å². The molecule has 6 nitrogen and oxygen atoms in total. The number of carbonyl (C=O) groups excluding carboxylic acids is 4. The lowest BCUT2D eigenvalue weighted by atomic mass is 10.4. The van der Waals surface area contributed by atoms with Crippen molar-refractivity contribution in [1.82, 2.24) is 4.90 Å². The zero-order chi connectivity index (χ0) is 10.3. The van der Waals surface area contributed by atoms with E-state index in [2.05, 4.69) is 4.74 Å². The highest BCUT2D eigenvalue weighted by molar-refractivity contribution is 6.20. The Morgan fingerprint density at radius 1 is 1.00 bits per heavy atom. The van der Waals surface area contributed by atoms with E-state index in [0.717, 1.165) is 18.2 Å². The first-order chi connectivity index (χ1) is 6.59. The summed E-state index contributed by atoms with van der Waals surface area (Å²) in [4.78, 5) is 44.4. The fraction of sp³-hybridized carbons (Fsp3) is 0. The molecule has 0 radical (unpaired) electrons. The van der Waals surface area contributed by atoms with Gasteiger partial charge in [-0.15, -0.1) is 0 Å². The van der Waals surface area contributed by atoms with Gasteiger partial charge in [-0.1, -0.05) is 0 Å². The molecule has 14 heavy (non-hydrogen) atoms. The quantitative estimate of drug-likeness (QED) is 0.299. The molecule has 0 aromatic carbocycles. The van der Waals surface area contributed by atoms with Crippen molar-refractivity contribution in [3.63, 3.8) is 0 Å². The number of esters is 2. The van der Waals surface area contributed by atoms with Gasteiger partial charge in [-0.2, -0.15) is 0 Å². The lowest BCUT2D eigenvalue weighted by molar-refractivity contribution is -0.153. The monoisotopic (exact) mass is 193 g/mol. The Morgan fingerprint density at radius 2 is 1.57 bits per heavy atom. The maximum absolute atomic E-state index is 11.1. The van der Waals surface area contributed by atoms with E-state index in [1.807, 2.05) is 0 Å². The van der Waals surface area contributed by atoms with Crippen molar-refractivity contribution >= 4 is 23.8 Å². The third-order valence-electron chi connectivity index (χ3n) is 1.71. The molecule has 0 aromatic heterocycles. The van der Waals surface area contributed by atoms with E-state index in [1.54, 1.807) is 0 Å². The van der Waals surface area contributed by atoms with Crippen LogP contribution in [0, 0.1) is 0 Å². The smallest absolute Gasteiger partial charge is 0.363 e. The van der Waals surface area contributed by atoms with Crippen LogP contribution in [0.2, 0.25) is 0 Å². The third kappa shape index (κ3) is 1.05. The Labute approximate surface area is 77.4 Å². The molecule has 0 saturated carbocycles. The van der Waals surface area contributed by atoms with E-state index in [1.165, 1.54) is 0 Å². The van der Waals surface area contributed by atoms with Crippen LogP contribution in [0.25, 0.3) is 0 Å². The number of hydrogen-bond acceptors (Lipinski definition) is 5. The highest BCUT2D eigenvalue weighted by Crippen LogP contribution is 2.18. The molecule has 70 valence electrons. The number of cyclic esters (lactones) is 2. The third-order valence-corrected chi connectivity index (χ3v) is 1.71. The van der Waals surface area contributed by atoms with Gasteiger partial charge in [-0.3, -0.25) is 9.59 Å². The summed E-state index contributed by atoms with van der Waals surface area (Å²) in [6.45, 7) is 0. The normalized spacial score (nSPS) is 20.6. The highest BCUT2D eigenvalue weighted by Gasteiger charge is 2.36. The fourth-order valence-electron chi connectivity index (χ4n) is 1.14. The summed E-state index contributed by atoms with van der Waals surface area (Å²) in [5.74, 6) is -3.18. The Morgan fingerprint density at radius 3 is 2.00 bits per heavy atom. The molecule has 0 fully saturated rings. The van der Waals surface area contributed by atoms with Gasteiger partial charge in [0, 0.05) is 12.2 Å². The van der Waals surface area contributed by atoms with Crippen LogP contribution in [0.5, 0.6) is 0 Å². The second-order valence-electron chi connectivity index (χ2n) is 2.58. The average Bonchev–Trinajstić information content (AvgIpc) is 2.57. The van der Waals surface area contributed by atoms with Crippen LogP contribution in [0.1, 0.15) is 0 Å². The number of carbonyl (C=O) groups is 4. The maximum atomic E-state index is 11.1. The number of imide groups is 1. The van der Waals surface area contributed by atoms with Gasteiger partial charge in [0.1, 0.15) is 5.70 Å². The first-order valence-electron chi connectivity index (χ1n) is 3.63. The number of hydrogen-bond donors (Lipinski definition) is 0. The van der Waals surface area contributed by atoms with Crippen LogP contribution in [-0.4, -0.2) is 28.7 Å². The van der Waals surface area contributed by atoms with Crippen LogP contribution in [0.3, 0.4) is 0 Å². The number of nitrogens with zero attached hydrogens (tertiary/aromatic N) is 1. The molecular formula is C8H3NO5. The lowest BCUT2D eigenvalue weighted by Crippen LogP contribution is -2.31. The Bertz CT molecular complexity index is 413. The summed E-state index contributed by atoms with van der Waals surface area (Å²) in [7, 11) is 0. The first kappa shape index (κ1) is 8.36. The van der Waals surface area contributed by atoms with Crippen LogP contribution in [0.4, 0.5) is 0 Å². The van der Waals surface area contributed by atoms with Gasteiger partial charge < -0.3 is 4.74 Å². The summed E-state index contributed by atoms with van der Waals surface area (Å²) in [6, 6.07) is 0. The van der Waals surface area contributed by atoms with Gasteiger partial charge in [0.2, 0.25) is 0 Å². The maximum Gasteiger partial charge on any atom is 0.363 e. The Kier molecular flexibility index (Phi) is 1.57. The van der Waals surface area contributed by atoms with Gasteiger partial charge in [0.05, 0.1) is 6.08 Å². The summed E-state index contributed by atoms with van der Waals surface area (Å²) < 4.78 is 4.14. The number of rotatable bonds is 1. The van der Waals surface area contributed by atoms with Crippen molar-refractivity contribution in [2.24, 2.45) is 0 Å². The molecule has 6 heteroatoms. The largest absolute Gasteiger partial charge is 0.385 e. The van der Waals surface area contributed by atoms with Gasteiger partial charge in [-0.25, -0.2) is 14.5 Å². The van der Waals surface area contributed by atoms with E-state index in [-0.39, 0.29) is 5.70 Å². The molecule has 0 saturated heterocycles. The van der Waals surface area contributed by atoms with Crippen molar-refractivity contribution < 1.29 is 23.9 Å². The van der Waals surface area contributed by atoms with Crippen molar-refractivity contribution in [1.29, 1.82) is 0 Å². The molecule has 2 rings (SSSR count). The van der Waals surface area contributed by atoms with Gasteiger partial charge in [-0.05, 0) is 0 Å². The molecule has 0 aliphatic carbocycles. The standard InChI is InChI=1S/C8H3NO5/c10-5-1-2-6(11)9(5)4-3-7(12)14-8(4)13/h1-3H. The molecule has 0 unspecified atom stereocenters. The molecule has 2 heterocycles. The van der Waals surface area contributed by atoms with Crippen LogP contribution in [0.15, 0.2) is 23.9 Å². The zero-order valence-electron chi connectivity index (χ0n) is 6.72. The number of ether oxygens (including phenoxy) is 1. The summed E-state index contributed by atoms with van der Waals surface area (Å²) in [5, 5.41) is 0. The highest BCUT2D eigenvalue weighted by atomic mass is 16.6. The van der Waals surface area contributed by atoms with Crippen LogP contribution >= 0.6 is 0 Å². The average molecular weight is 193 g/mol. The zero-order valence-corrected chi connectivity index (χ0v) is 6.72. The summed E-state index contributed by atoms with van der Waals surface area (Å²) in [5.41, 5.74) is -0.338. The van der Waals surface area contributed by atoms with E-state index < -0.39 is 23.8 Å². The summed E-state index contributed by atoms with van der Waals surface area (Å²) >= 11 is 0. The second kappa shape index (κ2) is 2.63. The Hall–Kier alpha value is -2.24. The lowest BCUT2D eigenvalue weighted by Gasteiger charge is -2.10. The van der Waals surface area contributed by atoms with E-state index in [4.69, 9.17) is 0 Å². The topological polar surface area (TPSA) is 80.8 Å². The van der Waals surface area contributed by atoms with E-state index in [0.29, 0.717) is 4.90 Å². The van der Waals surface area contributed by atoms with Crippen LogP contribution in [-0.2, 0) is 23.9 Å². The van der Waals surface area contributed by atoms with Crippen molar-refractivity contribution in [2.75, 3.05) is 0 Å². The molecule has 0 aromatic rings. The number of amides is 2. The van der Waals surface area contributed by atoms with Gasteiger partial charge in [0.15, 0.2) is 0 Å².